The number of methoxy groups -OCH3 is 1. The van der Waals surface area contributed by atoms with Gasteiger partial charge in [0.05, 0.1) is 20.9 Å². The van der Waals surface area contributed by atoms with Crippen LogP contribution in [0.1, 0.15) is 18.4 Å². The molecule has 0 unspecified atom stereocenters. The second-order valence-electron chi connectivity index (χ2n) is 6.29. The second kappa shape index (κ2) is 5.79. The standard InChI is InChI=1S/C17H24OSi/c1-18-17(15-10-11-15)13-16(19(2,3)4)12-14-8-6-5-7-9-14/h5-9,12-13,15H,10-11H2,1-4H3/b16-12+,17-13+. The molecular formula is C17H24OSi. The molecule has 0 saturated heterocycles. The summed E-state index contributed by atoms with van der Waals surface area (Å²) in [6.07, 6.45) is 7.19. The number of rotatable bonds is 5. The van der Waals surface area contributed by atoms with Crippen LogP contribution in [0.2, 0.25) is 19.6 Å². The van der Waals surface area contributed by atoms with Crippen LogP contribution in [0.25, 0.3) is 6.08 Å². The Morgan fingerprint density at radius 2 is 1.79 bits per heavy atom. The first kappa shape index (κ1) is 14.1. The maximum atomic E-state index is 5.58. The third-order valence-electron chi connectivity index (χ3n) is 3.50. The summed E-state index contributed by atoms with van der Waals surface area (Å²) >= 11 is 0. The highest BCUT2D eigenvalue weighted by Gasteiger charge is 2.28. The SMILES string of the molecule is CO/C(=C/C(=C\c1ccccc1)[Si](C)(C)C)C1CC1. The lowest BCUT2D eigenvalue weighted by atomic mass is 10.2. The Morgan fingerprint density at radius 1 is 1.16 bits per heavy atom. The highest BCUT2D eigenvalue weighted by atomic mass is 28.3. The monoisotopic (exact) mass is 272 g/mol. The van der Waals surface area contributed by atoms with E-state index in [1.54, 1.807) is 7.11 Å². The van der Waals surface area contributed by atoms with Gasteiger partial charge >= 0.3 is 0 Å². The summed E-state index contributed by atoms with van der Waals surface area (Å²) in [6.45, 7) is 7.16. The number of allylic oxidation sites excluding steroid dienone is 3. The van der Waals surface area contributed by atoms with Crippen LogP contribution in [0.3, 0.4) is 0 Å². The third kappa shape index (κ3) is 4.10. The molecule has 102 valence electrons. The van der Waals surface area contributed by atoms with Gasteiger partial charge in [-0.25, -0.2) is 0 Å². The molecule has 0 aliphatic heterocycles. The van der Waals surface area contributed by atoms with Gasteiger partial charge in [0.1, 0.15) is 0 Å². The molecule has 0 N–H and O–H groups in total. The predicted molar refractivity (Wildman–Crippen MR) is 85.6 cm³/mol. The van der Waals surface area contributed by atoms with E-state index in [0.717, 1.165) is 0 Å². The first-order chi connectivity index (χ1) is 9.00. The van der Waals surface area contributed by atoms with Gasteiger partial charge in [-0.3, -0.25) is 0 Å². The molecule has 19 heavy (non-hydrogen) atoms. The minimum absolute atomic E-state index is 0.667. The van der Waals surface area contributed by atoms with Gasteiger partial charge in [-0.15, -0.1) is 0 Å². The van der Waals surface area contributed by atoms with E-state index >= 15 is 0 Å². The molecule has 1 aromatic carbocycles. The van der Waals surface area contributed by atoms with Gasteiger partial charge in [-0.2, -0.15) is 0 Å². The molecule has 0 heterocycles. The van der Waals surface area contributed by atoms with Gasteiger partial charge in [0.25, 0.3) is 0 Å². The lowest BCUT2D eigenvalue weighted by Gasteiger charge is -2.19. The molecule has 0 atom stereocenters. The van der Waals surface area contributed by atoms with Crippen LogP contribution in [0, 0.1) is 5.92 Å². The van der Waals surface area contributed by atoms with E-state index in [-0.39, 0.29) is 0 Å². The third-order valence-corrected chi connectivity index (χ3v) is 5.52. The van der Waals surface area contributed by atoms with Gasteiger partial charge in [-0.05, 0) is 24.5 Å². The van der Waals surface area contributed by atoms with Gasteiger partial charge in [0.15, 0.2) is 0 Å². The minimum Gasteiger partial charge on any atom is -0.501 e. The highest BCUT2D eigenvalue weighted by Crippen LogP contribution is 2.38. The van der Waals surface area contributed by atoms with Gasteiger partial charge < -0.3 is 4.74 Å². The Morgan fingerprint density at radius 3 is 2.26 bits per heavy atom. The molecule has 1 fully saturated rings. The molecule has 2 rings (SSSR count). The lowest BCUT2D eigenvalue weighted by molar-refractivity contribution is 0.270. The Hall–Kier alpha value is -1.28. The van der Waals surface area contributed by atoms with Crippen LogP contribution < -0.4 is 0 Å². The van der Waals surface area contributed by atoms with E-state index in [1.807, 2.05) is 0 Å². The summed E-state index contributed by atoms with van der Waals surface area (Å²) in [4.78, 5) is 0. The van der Waals surface area contributed by atoms with Crippen LogP contribution in [-0.2, 0) is 4.74 Å². The van der Waals surface area contributed by atoms with Gasteiger partial charge in [0, 0.05) is 5.92 Å². The zero-order valence-electron chi connectivity index (χ0n) is 12.4. The van der Waals surface area contributed by atoms with Crippen molar-refractivity contribution in [1.82, 2.24) is 0 Å². The smallest absolute Gasteiger partial charge is 0.0985 e. The average Bonchev–Trinajstić information content (AvgIpc) is 3.18. The van der Waals surface area contributed by atoms with Crippen molar-refractivity contribution in [2.45, 2.75) is 32.5 Å². The predicted octanol–water partition coefficient (Wildman–Crippen LogP) is 4.89. The molecule has 1 nitrogen and oxygen atoms in total. The normalized spacial score (nSPS) is 17.5. The van der Waals surface area contributed by atoms with E-state index in [4.69, 9.17) is 4.74 Å². The van der Waals surface area contributed by atoms with E-state index in [0.29, 0.717) is 5.92 Å². The molecular weight excluding hydrogens is 248 g/mol. The van der Waals surface area contributed by atoms with E-state index < -0.39 is 8.07 Å². The van der Waals surface area contributed by atoms with Crippen LogP contribution >= 0.6 is 0 Å². The van der Waals surface area contributed by atoms with Crippen LogP contribution in [0.15, 0.2) is 47.4 Å². The maximum Gasteiger partial charge on any atom is 0.0985 e. The maximum absolute atomic E-state index is 5.58. The summed E-state index contributed by atoms with van der Waals surface area (Å²) in [5, 5.41) is 1.46. The molecule has 0 bridgehead atoms. The van der Waals surface area contributed by atoms with Crippen molar-refractivity contribution in [1.29, 1.82) is 0 Å². The number of ether oxygens (including phenoxy) is 1. The van der Waals surface area contributed by atoms with Crippen molar-refractivity contribution in [2.24, 2.45) is 5.92 Å². The Bertz CT molecular complexity index is 476. The fourth-order valence-corrected chi connectivity index (χ4v) is 3.24. The average molecular weight is 272 g/mol. The van der Waals surface area contributed by atoms with Crippen molar-refractivity contribution >= 4 is 14.1 Å². The molecule has 1 aliphatic carbocycles. The summed E-state index contributed by atoms with van der Waals surface area (Å²) in [6, 6.07) is 10.6. The molecule has 2 heteroatoms. The first-order valence-corrected chi connectivity index (χ1v) is 10.5. The zero-order chi connectivity index (χ0) is 13.9. The highest BCUT2D eigenvalue weighted by molar-refractivity contribution is 6.84. The van der Waals surface area contributed by atoms with Crippen LogP contribution in [0.4, 0.5) is 0 Å². The summed E-state index contributed by atoms with van der Waals surface area (Å²) in [5.74, 6) is 1.84. The van der Waals surface area contributed by atoms with Gasteiger partial charge in [-0.1, -0.05) is 61.2 Å². The van der Waals surface area contributed by atoms with E-state index in [1.165, 1.54) is 29.4 Å². The fraction of sp³-hybridized carbons (Fsp3) is 0.412. The molecule has 0 amide bonds. The number of hydrogen-bond donors (Lipinski definition) is 0. The lowest BCUT2D eigenvalue weighted by Crippen LogP contribution is -2.23. The van der Waals surface area contributed by atoms with E-state index in [2.05, 4.69) is 62.1 Å². The Kier molecular flexibility index (Phi) is 4.30. The zero-order valence-corrected chi connectivity index (χ0v) is 13.4. The summed E-state index contributed by atoms with van der Waals surface area (Å²) in [5.41, 5.74) is 1.28. The van der Waals surface area contributed by atoms with Crippen molar-refractivity contribution in [3.05, 3.63) is 52.9 Å². The molecule has 0 aromatic heterocycles. The van der Waals surface area contributed by atoms with Crippen molar-refractivity contribution in [3.8, 4) is 0 Å². The van der Waals surface area contributed by atoms with Crippen LogP contribution in [0.5, 0.6) is 0 Å². The Balaban J connectivity index is 2.34. The number of hydrogen-bond acceptors (Lipinski definition) is 1. The van der Waals surface area contributed by atoms with Crippen molar-refractivity contribution in [3.63, 3.8) is 0 Å². The minimum atomic E-state index is -1.36. The summed E-state index contributed by atoms with van der Waals surface area (Å²) in [7, 11) is 0.438. The molecule has 0 spiro atoms. The summed E-state index contributed by atoms with van der Waals surface area (Å²) < 4.78 is 5.58. The first-order valence-electron chi connectivity index (χ1n) is 7.03. The molecule has 1 aromatic rings. The van der Waals surface area contributed by atoms with Crippen LogP contribution in [-0.4, -0.2) is 15.2 Å². The topological polar surface area (TPSA) is 9.23 Å². The molecule has 0 radical (unpaired) electrons. The quantitative estimate of drug-likeness (QED) is 0.421. The molecule has 1 saturated carbocycles. The largest absolute Gasteiger partial charge is 0.501 e. The van der Waals surface area contributed by atoms with Crippen molar-refractivity contribution < 1.29 is 4.74 Å². The second-order valence-corrected chi connectivity index (χ2v) is 11.4. The fourth-order valence-electron chi connectivity index (χ4n) is 2.07. The van der Waals surface area contributed by atoms with E-state index in [9.17, 15) is 0 Å². The Labute approximate surface area is 118 Å². The van der Waals surface area contributed by atoms with Gasteiger partial charge in [0.2, 0.25) is 0 Å². The molecule has 1 aliphatic rings. The van der Waals surface area contributed by atoms with Crippen molar-refractivity contribution in [2.75, 3.05) is 7.11 Å². The number of benzene rings is 1.